The van der Waals surface area contributed by atoms with Gasteiger partial charge in [-0.1, -0.05) is 24.3 Å². The Kier molecular flexibility index (Phi) is 8.42. The number of halogens is 2. The van der Waals surface area contributed by atoms with Gasteiger partial charge in [-0.25, -0.2) is 4.98 Å². The van der Waals surface area contributed by atoms with Gasteiger partial charge in [0.15, 0.2) is 0 Å². The Bertz CT molecular complexity index is 846. The first kappa shape index (κ1) is 21.8. The third kappa shape index (κ3) is 5.13. The summed E-state index contributed by atoms with van der Waals surface area (Å²) in [4.78, 5) is 16.7. The van der Waals surface area contributed by atoms with E-state index in [1.54, 1.807) is 0 Å². The third-order valence-electron chi connectivity index (χ3n) is 4.07. The molecule has 3 N–H and O–H groups in total. The number of amides is 1. The molecule has 0 unspecified atom stereocenters. The lowest BCUT2D eigenvalue weighted by Crippen LogP contribution is -2.27. The van der Waals surface area contributed by atoms with Crippen molar-refractivity contribution >= 4 is 47.4 Å². The summed E-state index contributed by atoms with van der Waals surface area (Å²) in [5.74, 6) is 1.02. The van der Waals surface area contributed by atoms with Crippen LogP contribution >= 0.6 is 24.8 Å². The molecule has 0 spiro atoms. The number of nitrogens with one attached hydrogen (secondary N) is 1. The quantitative estimate of drug-likeness (QED) is 0.629. The van der Waals surface area contributed by atoms with Crippen LogP contribution in [0.5, 0.6) is 0 Å². The fourth-order valence-corrected chi connectivity index (χ4v) is 2.87. The summed E-state index contributed by atoms with van der Waals surface area (Å²) in [5.41, 5.74) is 9.46. The van der Waals surface area contributed by atoms with Gasteiger partial charge in [0.05, 0.1) is 17.5 Å². The summed E-state index contributed by atoms with van der Waals surface area (Å²) in [5, 5.41) is 2.97. The number of fused-ring (bicyclic) bond motifs is 1. The maximum Gasteiger partial charge on any atom is 0.224 e. The molecule has 5 nitrogen and oxygen atoms in total. The van der Waals surface area contributed by atoms with Gasteiger partial charge in [0.2, 0.25) is 5.91 Å². The largest absolute Gasteiger partial charge is 0.399 e. The van der Waals surface area contributed by atoms with Crippen molar-refractivity contribution in [1.29, 1.82) is 0 Å². The van der Waals surface area contributed by atoms with Crippen molar-refractivity contribution in [3.8, 4) is 0 Å². The zero-order valence-corrected chi connectivity index (χ0v) is 16.3. The third-order valence-corrected chi connectivity index (χ3v) is 4.07. The molecule has 1 heterocycles. The molecule has 0 saturated heterocycles. The summed E-state index contributed by atoms with van der Waals surface area (Å²) in [6.07, 6.45) is 1.08. The molecule has 2 aromatic carbocycles. The maximum atomic E-state index is 12.0. The number of carbonyl (C=O) groups excluding carboxylic acids is 1. The molecule has 0 aliphatic rings. The Labute approximate surface area is 165 Å². The Morgan fingerprint density at radius 2 is 1.81 bits per heavy atom. The number of para-hydroxylation sites is 2. The number of nitrogen functional groups attached to an aromatic ring is 1. The molecule has 3 aromatic rings. The van der Waals surface area contributed by atoms with Crippen LogP contribution in [0.3, 0.4) is 0 Å². The van der Waals surface area contributed by atoms with Gasteiger partial charge in [-0.05, 0) is 36.8 Å². The van der Waals surface area contributed by atoms with Crippen LogP contribution in [0.2, 0.25) is 0 Å². The number of benzene rings is 2. The van der Waals surface area contributed by atoms with E-state index in [9.17, 15) is 4.79 Å². The molecule has 1 amide bonds. The van der Waals surface area contributed by atoms with Gasteiger partial charge in [-0.15, -0.1) is 24.8 Å². The van der Waals surface area contributed by atoms with Gasteiger partial charge in [0, 0.05) is 25.2 Å². The van der Waals surface area contributed by atoms with Crippen LogP contribution in [0.25, 0.3) is 11.0 Å². The zero-order chi connectivity index (χ0) is 16.9. The highest BCUT2D eigenvalue weighted by Crippen LogP contribution is 2.16. The number of hydrogen-bond donors (Lipinski definition) is 2. The van der Waals surface area contributed by atoms with E-state index in [-0.39, 0.29) is 30.7 Å². The minimum atomic E-state index is 0. The number of carbonyl (C=O) groups is 1. The van der Waals surface area contributed by atoms with Crippen LogP contribution in [-0.4, -0.2) is 22.0 Å². The summed E-state index contributed by atoms with van der Waals surface area (Å²) >= 11 is 0. The lowest BCUT2D eigenvalue weighted by Gasteiger charge is -2.08. The standard InChI is InChI=1S/C19H22N4O.2ClH/c1-2-23-17-6-4-3-5-16(17)22-18(23)11-12-21-19(24)13-14-7-9-15(20)10-8-14;;/h3-10H,2,11-13,20H2,1H3,(H,21,24);2*1H. The number of imidazole rings is 1. The molecule has 3 rings (SSSR count). The van der Waals surface area contributed by atoms with Crippen LogP contribution in [0.4, 0.5) is 5.69 Å². The first-order valence-electron chi connectivity index (χ1n) is 8.22. The average Bonchev–Trinajstić information content (AvgIpc) is 2.94. The van der Waals surface area contributed by atoms with Crippen molar-refractivity contribution in [1.82, 2.24) is 14.9 Å². The fraction of sp³-hybridized carbons (Fsp3) is 0.263. The highest BCUT2D eigenvalue weighted by molar-refractivity contribution is 5.85. The van der Waals surface area contributed by atoms with E-state index in [0.717, 1.165) is 35.4 Å². The van der Waals surface area contributed by atoms with Gasteiger partial charge in [0.1, 0.15) is 5.82 Å². The minimum absolute atomic E-state index is 0. The summed E-state index contributed by atoms with van der Waals surface area (Å²) in [6, 6.07) is 15.5. The number of hydrogen-bond acceptors (Lipinski definition) is 3. The average molecular weight is 395 g/mol. The van der Waals surface area contributed by atoms with Crippen molar-refractivity contribution in [2.75, 3.05) is 12.3 Å². The van der Waals surface area contributed by atoms with Crippen molar-refractivity contribution in [3.63, 3.8) is 0 Å². The number of nitrogens with zero attached hydrogens (tertiary/aromatic N) is 2. The topological polar surface area (TPSA) is 72.9 Å². The number of aryl methyl sites for hydroxylation is 1. The molecule has 0 radical (unpaired) electrons. The molecule has 0 saturated carbocycles. The molecule has 26 heavy (non-hydrogen) atoms. The molecule has 7 heteroatoms. The normalized spacial score (nSPS) is 10.0. The van der Waals surface area contributed by atoms with E-state index in [4.69, 9.17) is 5.73 Å². The first-order valence-corrected chi connectivity index (χ1v) is 8.22. The Morgan fingerprint density at radius 1 is 1.12 bits per heavy atom. The second-order valence-electron chi connectivity index (χ2n) is 5.78. The highest BCUT2D eigenvalue weighted by atomic mass is 35.5. The molecule has 1 aromatic heterocycles. The number of rotatable bonds is 6. The van der Waals surface area contributed by atoms with E-state index in [1.807, 2.05) is 42.5 Å². The van der Waals surface area contributed by atoms with E-state index in [0.29, 0.717) is 18.7 Å². The molecule has 0 atom stereocenters. The summed E-state index contributed by atoms with van der Waals surface area (Å²) < 4.78 is 2.20. The number of aromatic nitrogens is 2. The van der Waals surface area contributed by atoms with Gasteiger partial charge >= 0.3 is 0 Å². The van der Waals surface area contributed by atoms with Crippen molar-refractivity contribution in [3.05, 3.63) is 59.9 Å². The number of anilines is 1. The van der Waals surface area contributed by atoms with Crippen molar-refractivity contribution in [2.24, 2.45) is 0 Å². The predicted octanol–water partition coefficient (Wildman–Crippen LogP) is 3.38. The van der Waals surface area contributed by atoms with Gasteiger partial charge < -0.3 is 15.6 Å². The zero-order valence-electron chi connectivity index (χ0n) is 14.6. The van der Waals surface area contributed by atoms with E-state index in [1.165, 1.54) is 0 Å². The molecule has 0 aliphatic heterocycles. The van der Waals surface area contributed by atoms with Crippen molar-refractivity contribution < 1.29 is 4.79 Å². The summed E-state index contributed by atoms with van der Waals surface area (Å²) in [7, 11) is 0. The highest BCUT2D eigenvalue weighted by Gasteiger charge is 2.09. The van der Waals surface area contributed by atoms with E-state index in [2.05, 4.69) is 27.9 Å². The first-order chi connectivity index (χ1) is 11.7. The van der Waals surface area contributed by atoms with Crippen LogP contribution in [0.15, 0.2) is 48.5 Å². The molecule has 140 valence electrons. The van der Waals surface area contributed by atoms with Crippen LogP contribution < -0.4 is 11.1 Å². The monoisotopic (exact) mass is 394 g/mol. The second kappa shape index (κ2) is 10.0. The van der Waals surface area contributed by atoms with Crippen LogP contribution in [-0.2, 0) is 24.2 Å². The molecular weight excluding hydrogens is 371 g/mol. The van der Waals surface area contributed by atoms with Crippen LogP contribution in [0, 0.1) is 0 Å². The van der Waals surface area contributed by atoms with E-state index < -0.39 is 0 Å². The summed E-state index contributed by atoms with van der Waals surface area (Å²) in [6.45, 7) is 3.56. The molecule has 0 aliphatic carbocycles. The molecule has 0 fully saturated rings. The smallest absolute Gasteiger partial charge is 0.224 e. The number of nitrogens with two attached hydrogens (primary N) is 1. The predicted molar refractivity (Wildman–Crippen MR) is 111 cm³/mol. The fourth-order valence-electron chi connectivity index (χ4n) is 2.87. The Balaban J connectivity index is 0.00000169. The van der Waals surface area contributed by atoms with E-state index >= 15 is 0 Å². The lowest BCUT2D eigenvalue weighted by molar-refractivity contribution is -0.120. The minimum Gasteiger partial charge on any atom is -0.399 e. The molecule has 0 bridgehead atoms. The Morgan fingerprint density at radius 3 is 2.50 bits per heavy atom. The van der Waals surface area contributed by atoms with Gasteiger partial charge in [-0.3, -0.25) is 4.79 Å². The maximum absolute atomic E-state index is 12.0. The Hall–Kier alpha value is -2.24. The van der Waals surface area contributed by atoms with Crippen molar-refractivity contribution in [2.45, 2.75) is 26.3 Å². The lowest BCUT2D eigenvalue weighted by atomic mass is 10.1. The molecular formula is C19H24Cl2N4O. The van der Waals surface area contributed by atoms with Crippen LogP contribution in [0.1, 0.15) is 18.3 Å². The van der Waals surface area contributed by atoms with Gasteiger partial charge in [0.25, 0.3) is 0 Å². The SMILES string of the molecule is CCn1c(CCNC(=O)Cc2ccc(N)cc2)nc2ccccc21.Cl.Cl. The second-order valence-corrected chi connectivity index (χ2v) is 5.78. The van der Waals surface area contributed by atoms with Gasteiger partial charge in [-0.2, -0.15) is 0 Å².